The quantitative estimate of drug-likeness (QED) is 0.718. The Balaban J connectivity index is 2.21. The van der Waals surface area contributed by atoms with Gasteiger partial charge in [0.15, 0.2) is 5.78 Å². The molecule has 0 saturated heterocycles. The fourth-order valence-electron chi connectivity index (χ4n) is 2.72. The summed E-state index contributed by atoms with van der Waals surface area (Å²) >= 11 is 0. The normalized spacial score (nSPS) is 11.7. The van der Waals surface area contributed by atoms with Crippen LogP contribution in [0.1, 0.15) is 35.3 Å². The van der Waals surface area contributed by atoms with Gasteiger partial charge >= 0.3 is 0 Å². The standard InChI is InChI=1S/C19H16F2N2O2/c1-19(2,22)10-8-14(20)16(15(21)9-10)17(24)12-4-3-5-13-11(12)6-7-23-18(13)25/h3-9H,22H2,1-2H3,(H,23,25). The fraction of sp³-hybridized carbons (Fsp3) is 0.158. The van der Waals surface area contributed by atoms with Gasteiger partial charge in [-0.15, -0.1) is 0 Å². The van der Waals surface area contributed by atoms with E-state index in [4.69, 9.17) is 5.73 Å². The molecule has 1 heterocycles. The van der Waals surface area contributed by atoms with E-state index >= 15 is 0 Å². The van der Waals surface area contributed by atoms with Crippen molar-refractivity contribution in [2.24, 2.45) is 5.73 Å². The Hall–Kier alpha value is -2.86. The van der Waals surface area contributed by atoms with Gasteiger partial charge in [-0.25, -0.2) is 8.78 Å². The average molecular weight is 342 g/mol. The fourth-order valence-corrected chi connectivity index (χ4v) is 2.72. The number of hydrogen-bond donors (Lipinski definition) is 2. The molecule has 3 aromatic rings. The number of carbonyl (C=O) groups excluding carboxylic acids is 1. The van der Waals surface area contributed by atoms with E-state index in [1.165, 1.54) is 30.5 Å². The molecule has 0 fully saturated rings. The van der Waals surface area contributed by atoms with Crippen LogP contribution >= 0.6 is 0 Å². The molecule has 3 N–H and O–H groups in total. The van der Waals surface area contributed by atoms with E-state index in [9.17, 15) is 18.4 Å². The number of hydrogen-bond acceptors (Lipinski definition) is 3. The molecule has 0 spiro atoms. The number of aromatic nitrogens is 1. The SMILES string of the molecule is CC(C)(N)c1cc(F)c(C(=O)c2cccc3c(=O)[nH]ccc23)c(F)c1. The Morgan fingerprint density at radius 1 is 1.08 bits per heavy atom. The van der Waals surface area contributed by atoms with Crippen molar-refractivity contribution in [1.82, 2.24) is 4.98 Å². The van der Waals surface area contributed by atoms with E-state index in [1.54, 1.807) is 13.8 Å². The molecule has 0 radical (unpaired) electrons. The van der Waals surface area contributed by atoms with Gasteiger partial charge in [0.2, 0.25) is 0 Å². The van der Waals surface area contributed by atoms with Crippen molar-refractivity contribution < 1.29 is 13.6 Å². The summed E-state index contributed by atoms with van der Waals surface area (Å²) in [6, 6.07) is 8.12. The lowest BCUT2D eigenvalue weighted by Crippen LogP contribution is -2.29. The van der Waals surface area contributed by atoms with Crippen LogP contribution in [0, 0.1) is 11.6 Å². The van der Waals surface area contributed by atoms with Gasteiger partial charge in [-0.05, 0) is 49.1 Å². The highest BCUT2D eigenvalue weighted by molar-refractivity contribution is 6.16. The van der Waals surface area contributed by atoms with Crippen molar-refractivity contribution >= 4 is 16.6 Å². The average Bonchev–Trinajstić information content (AvgIpc) is 2.53. The summed E-state index contributed by atoms with van der Waals surface area (Å²) < 4.78 is 28.9. The van der Waals surface area contributed by atoms with Gasteiger partial charge in [0, 0.05) is 22.7 Å². The highest BCUT2D eigenvalue weighted by Crippen LogP contribution is 2.26. The number of rotatable bonds is 3. The molecule has 0 aliphatic rings. The monoisotopic (exact) mass is 342 g/mol. The molecule has 0 aliphatic carbocycles. The molecule has 0 atom stereocenters. The Morgan fingerprint density at radius 3 is 2.32 bits per heavy atom. The molecule has 0 saturated carbocycles. The molecule has 6 heteroatoms. The smallest absolute Gasteiger partial charge is 0.255 e. The summed E-state index contributed by atoms with van der Waals surface area (Å²) in [5, 5.41) is 0.604. The van der Waals surface area contributed by atoms with Gasteiger partial charge in [0.25, 0.3) is 5.56 Å². The number of carbonyl (C=O) groups is 1. The van der Waals surface area contributed by atoms with Crippen molar-refractivity contribution in [3.05, 3.63) is 81.3 Å². The van der Waals surface area contributed by atoms with Crippen LogP contribution in [0.25, 0.3) is 10.8 Å². The van der Waals surface area contributed by atoms with Crippen LogP contribution < -0.4 is 11.3 Å². The van der Waals surface area contributed by atoms with Crippen molar-refractivity contribution in [2.75, 3.05) is 0 Å². The molecule has 0 unspecified atom stereocenters. The van der Waals surface area contributed by atoms with E-state index in [0.717, 1.165) is 12.1 Å². The molecule has 0 aliphatic heterocycles. The van der Waals surface area contributed by atoms with Crippen molar-refractivity contribution in [2.45, 2.75) is 19.4 Å². The maximum absolute atomic E-state index is 14.5. The predicted molar refractivity (Wildman–Crippen MR) is 91.6 cm³/mol. The number of nitrogens with two attached hydrogens (primary N) is 1. The summed E-state index contributed by atoms with van der Waals surface area (Å²) in [4.78, 5) is 27.1. The molecule has 128 valence electrons. The van der Waals surface area contributed by atoms with Crippen LogP contribution in [0.4, 0.5) is 8.78 Å². The van der Waals surface area contributed by atoms with E-state index in [1.807, 2.05) is 0 Å². The minimum atomic E-state index is -0.986. The first-order valence-electron chi connectivity index (χ1n) is 7.63. The van der Waals surface area contributed by atoms with Crippen LogP contribution in [0.15, 0.2) is 47.4 Å². The van der Waals surface area contributed by atoms with Gasteiger partial charge < -0.3 is 10.7 Å². The van der Waals surface area contributed by atoms with Crippen LogP contribution in [0.3, 0.4) is 0 Å². The molecule has 0 bridgehead atoms. The third-order valence-corrected chi connectivity index (χ3v) is 4.07. The molecule has 0 amide bonds. The first-order chi connectivity index (χ1) is 11.7. The second kappa shape index (κ2) is 5.89. The lowest BCUT2D eigenvalue weighted by Gasteiger charge is -2.20. The van der Waals surface area contributed by atoms with Gasteiger partial charge in [0.05, 0.1) is 5.56 Å². The molecule has 1 aromatic heterocycles. The maximum atomic E-state index is 14.5. The molecule has 2 aromatic carbocycles. The van der Waals surface area contributed by atoms with E-state index < -0.39 is 28.5 Å². The number of aromatic amines is 1. The summed E-state index contributed by atoms with van der Waals surface area (Å²) in [6.45, 7) is 3.22. The highest BCUT2D eigenvalue weighted by Gasteiger charge is 2.25. The molecule has 3 rings (SSSR count). The Kier molecular flexibility index (Phi) is 4.00. The second-order valence-electron chi connectivity index (χ2n) is 6.44. The second-order valence-corrected chi connectivity index (χ2v) is 6.44. The minimum Gasteiger partial charge on any atom is -0.329 e. The minimum absolute atomic E-state index is 0.0566. The van der Waals surface area contributed by atoms with Crippen LogP contribution in [-0.4, -0.2) is 10.8 Å². The topological polar surface area (TPSA) is 76.0 Å². The number of benzene rings is 2. The summed E-state index contributed by atoms with van der Waals surface area (Å²) in [6.07, 6.45) is 1.38. The third-order valence-electron chi connectivity index (χ3n) is 4.07. The number of H-pyrrole nitrogens is 1. The Morgan fingerprint density at radius 2 is 1.72 bits per heavy atom. The number of nitrogens with one attached hydrogen (secondary N) is 1. The van der Waals surface area contributed by atoms with E-state index in [-0.39, 0.29) is 22.1 Å². The zero-order valence-electron chi connectivity index (χ0n) is 13.7. The highest BCUT2D eigenvalue weighted by atomic mass is 19.1. The molecule has 25 heavy (non-hydrogen) atoms. The first kappa shape index (κ1) is 17.0. The lowest BCUT2D eigenvalue weighted by atomic mass is 9.91. The van der Waals surface area contributed by atoms with Crippen molar-refractivity contribution in [3.63, 3.8) is 0 Å². The largest absolute Gasteiger partial charge is 0.329 e. The number of ketones is 1. The maximum Gasteiger partial charge on any atom is 0.255 e. The Bertz CT molecular complexity index is 1030. The number of fused-ring (bicyclic) bond motifs is 1. The van der Waals surface area contributed by atoms with Crippen molar-refractivity contribution in [1.29, 1.82) is 0 Å². The van der Waals surface area contributed by atoms with Gasteiger partial charge in [0.1, 0.15) is 11.6 Å². The van der Waals surface area contributed by atoms with Crippen LogP contribution in [-0.2, 0) is 5.54 Å². The van der Waals surface area contributed by atoms with Gasteiger partial charge in [-0.1, -0.05) is 12.1 Å². The number of halogens is 2. The molecular weight excluding hydrogens is 326 g/mol. The first-order valence-corrected chi connectivity index (χ1v) is 7.63. The van der Waals surface area contributed by atoms with E-state index in [0.29, 0.717) is 5.39 Å². The third kappa shape index (κ3) is 2.96. The Labute approximate surface area is 142 Å². The van der Waals surface area contributed by atoms with Crippen LogP contribution in [0.2, 0.25) is 0 Å². The zero-order chi connectivity index (χ0) is 18.4. The number of pyridine rings is 1. The predicted octanol–water partition coefficient (Wildman–Crippen LogP) is 3.23. The summed E-state index contributed by atoms with van der Waals surface area (Å²) in [5.74, 6) is -2.80. The molecule has 4 nitrogen and oxygen atoms in total. The van der Waals surface area contributed by atoms with Crippen molar-refractivity contribution in [3.8, 4) is 0 Å². The van der Waals surface area contributed by atoms with E-state index in [2.05, 4.69) is 4.98 Å². The van der Waals surface area contributed by atoms with Gasteiger partial charge in [-0.3, -0.25) is 9.59 Å². The lowest BCUT2D eigenvalue weighted by molar-refractivity contribution is 0.103. The molecular formula is C19H16F2N2O2. The summed E-state index contributed by atoms with van der Waals surface area (Å²) in [7, 11) is 0. The zero-order valence-corrected chi connectivity index (χ0v) is 13.7. The van der Waals surface area contributed by atoms with Crippen LogP contribution in [0.5, 0.6) is 0 Å². The van der Waals surface area contributed by atoms with Gasteiger partial charge in [-0.2, -0.15) is 0 Å². The summed E-state index contributed by atoms with van der Waals surface area (Å²) in [5.41, 5.74) is 4.17.